The van der Waals surface area contributed by atoms with Crippen LogP contribution in [0.1, 0.15) is 19.4 Å². The first kappa shape index (κ1) is 15.4. The maximum Gasteiger partial charge on any atom is 0.322 e. The van der Waals surface area contributed by atoms with Crippen LogP contribution in [0.2, 0.25) is 10.0 Å². The predicted octanol–water partition coefficient (Wildman–Crippen LogP) is 3.00. The second-order valence-corrected chi connectivity index (χ2v) is 5.91. The first-order valence-corrected chi connectivity index (χ1v) is 7.56. The van der Waals surface area contributed by atoms with Gasteiger partial charge in [0.05, 0.1) is 10.0 Å². The molecular formula is C11H14Cl2N2O2S. The molecule has 0 bridgehead atoms. The van der Waals surface area contributed by atoms with Crippen LogP contribution >= 0.6 is 23.2 Å². The third-order valence-corrected chi connectivity index (χ3v) is 4.59. The van der Waals surface area contributed by atoms with Crippen molar-refractivity contribution in [1.82, 2.24) is 4.31 Å². The van der Waals surface area contributed by atoms with Crippen molar-refractivity contribution in [2.24, 2.45) is 4.40 Å². The minimum absolute atomic E-state index is 0.362. The molecule has 0 heterocycles. The van der Waals surface area contributed by atoms with Gasteiger partial charge in [-0.1, -0.05) is 43.1 Å². The molecule has 0 saturated carbocycles. The van der Waals surface area contributed by atoms with Crippen molar-refractivity contribution < 1.29 is 8.42 Å². The summed E-state index contributed by atoms with van der Waals surface area (Å²) in [7, 11) is -3.62. The molecule has 0 radical (unpaired) electrons. The molecule has 100 valence electrons. The van der Waals surface area contributed by atoms with E-state index in [4.69, 9.17) is 23.2 Å². The summed E-state index contributed by atoms with van der Waals surface area (Å²) in [4.78, 5) is 0. The molecule has 1 rings (SSSR count). The predicted molar refractivity (Wildman–Crippen MR) is 75.9 cm³/mol. The fourth-order valence-electron chi connectivity index (χ4n) is 1.34. The first-order chi connectivity index (χ1) is 8.40. The largest absolute Gasteiger partial charge is 0.322 e. The van der Waals surface area contributed by atoms with Crippen molar-refractivity contribution in [3.8, 4) is 0 Å². The Kier molecular flexibility index (Phi) is 5.59. The van der Waals surface area contributed by atoms with Gasteiger partial charge in [-0.15, -0.1) is 0 Å². The fourth-order valence-corrected chi connectivity index (χ4v) is 2.68. The Hall–Kier alpha value is -0.620. The maximum atomic E-state index is 11.8. The summed E-state index contributed by atoms with van der Waals surface area (Å²) >= 11 is 11.6. The Labute approximate surface area is 117 Å². The molecule has 0 aliphatic heterocycles. The Bertz CT molecular complexity index is 540. The van der Waals surface area contributed by atoms with E-state index < -0.39 is 10.2 Å². The molecule has 0 atom stereocenters. The van der Waals surface area contributed by atoms with Crippen LogP contribution in [-0.4, -0.2) is 32.0 Å². The average molecular weight is 309 g/mol. The smallest absolute Gasteiger partial charge is 0.187 e. The summed E-state index contributed by atoms with van der Waals surface area (Å²) < 4.78 is 28.4. The fraction of sp³-hybridized carbons (Fsp3) is 0.364. The van der Waals surface area contributed by atoms with Crippen LogP contribution in [0.15, 0.2) is 22.6 Å². The molecule has 0 unspecified atom stereocenters. The van der Waals surface area contributed by atoms with Crippen molar-refractivity contribution in [1.29, 1.82) is 0 Å². The standard InChI is InChI=1S/C11H14Cl2N2O2S/c1-3-15(4-2)18(16,17)14-8-9-5-6-10(12)11(13)7-9/h5-8H,3-4H2,1-2H3/b14-8+. The number of hydrogen-bond donors (Lipinski definition) is 0. The molecule has 1 aromatic carbocycles. The van der Waals surface area contributed by atoms with Gasteiger partial charge in [0, 0.05) is 19.3 Å². The van der Waals surface area contributed by atoms with Crippen molar-refractivity contribution in [3.05, 3.63) is 33.8 Å². The second-order valence-electron chi connectivity index (χ2n) is 3.47. The zero-order valence-corrected chi connectivity index (χ0v) is 12.4. The Morgan fingerprint density at radius 1 is 1.22 bits per heavy atom. The van der Waals surface area contributed by atoms with Crippen LogP contribution in [0.3, 0.4) is 0 Å². The summed E-state index contributed by atoms with van der Waals surface area (Å²) in [5.41, 5.74) is 0.583. The Morgan fingerprint density at radius 2 is 1.83 bits per heavy atom. The van der Waals surface area contributed by atoms with Gasteiger partial charge in [-0.2, -0.15) is 17.1 Å². The molecule has 7 heteroatoms. The van der Waals surface area contributed by atoms with E-state index in [0.717, 1.165) is 0 Å². The SMILES string of the molecule is CCN(CC)S(=O)(=O)/N=C/c1ccc(Cl)c(Cl)c1. The zero-order chi connectivity index (χ0) is 13.8. The van der Waals surface area contributed by atoms with Gasteiger partial charge in [-0.05, 0) is 17.7 Å². The molecule has 1 aromatic rings. The van der Waals surface area contributed by atoms with Gasteiger partial charge < -0.3 is 0 Å². The van der Waals surface area contributed by atoms with Crippen LogP contribution in [0, 0.1) is 0 Å². The number of benzene rings is 1. The van der Waals surface area contributed by atoms with Gasteiger partial charge in [0.1, 0.15) is 0 Å². The van der Waals surface area contributed by atoms with E-state index in [0.29, 0.717) is 28.7 Å². The lowest BCUT2D eigenvalue weighted by molar-refractivity contribution is 0.446. The van der Waals surface area contributed by atoms with E-state index in [9.17, 15) is 8.42 Å². The van der Waals surface area contributed by atoms with Gasteiger partial charge >= 0.3 is 10.2 Å². The zero-order valence-electron chi connectivity index (χ0n) is 10.1. The van der Waals surface area contributed by atoms with Crippen LogP contribution in [0.4, 0.5) is 0 Å². The maximum absolute atomic E-state index is 11.8. The summed E-state index contributed by atoms with van der Waals surface area (Å²) in [6, 6.07) is 4.80. The van der Waals surface area contributed by atoms with Crippen molar-refractivity contribution in [2.45, 2.75) is 13.8 Å². The van der Waals surface area contributed by atoms with Gasteiger partial charge in [-0.25, -0.2) is 0 Å². The first-order valence-electron chi connectivity index (χ1n) is 5.41. The van der Waals surface area contributed by atoms with Crippen molar-refractivity contribution >= 4 is 39.6 Å². The monoisotopic (exact) mass is 308 g/mol. The molecule has 0 saturated heterocycles. The Morgan fingerprint density at radius 3 is 2.33 bits per heavy atom. The molecule has 18 heavy (non-hydrogen) atoms. The minimum atomic E-state index is -3.62. The van der Waals surface area contributed by atoms with E-state index in [-0.39, 0.29) is 0 Å². The van der Waals surface area contributed by atoms with Gasteiger partial charge in [0.15, 0.2) is 0 Å². The Balaban J connectivity index is 2.95. The van der Waals surface area contributed by atoms with E-state index in [1.807, 2.05) is 0 Å². The molecule has 0 spiro atoms. The van der Waals surface area contributed by atoms with Crippen molar-refractivity contribution in [3.63, 3.8) is 0 Å². The third kappa shape index (κ3) is 3.95. The number of rotatable bonds is 5. The molecule has 0 N–H and O–H groups in total. The van der Waals surface area contributed by atoms with Gasteiger partial charge in [0.2, 0.25) is 0 Å². The highest BCUT2D eigenvalue weighted by atomic mass is 35.5. The summed E-state index contributed by atoms with van der Waals surface area (Å²) in [5.74, 6) is 0. The lowest BCUT2D eigenvalue weighted by Gasteiger charge is -2.13. The minimum Gasteiger partial charge on any atom is -0.187 e. The van der Waals surface area contributed by atoms with Crippen LogP contribution in [0.25, 0.3) is 0 Å². The average Bonchev–Trinajstić information content (AvgIpc) is 2.32. The van der Waals surface area contributed by atoms with E-state index >= 15 is 0 Å². The molecule has 0 fully saturated rings. The molecule has 4 nitrogen and oxygen atoms in total. The number of halogens is 2. The van der Waals surface area contributed by atoms with Crippen LogP contribution < -0.4 is 0 Å². The normalized spacial score (nSPS) is 12.5. The number of hydrogen-bond acceptors (Lipinski definition) is 2. The summed E-state index contributed by atoms with van der Waals surface area (Å²) in [6.45, 7) is 4.29. The summed E-state index contributed by atoms with van der Waals surface area (Å²) in [6.07, 6.45) is 1.26. The van der Waals surface area contributed by atoms with Crippen LogP contribution in [-0.2, 0) is 10.2 Å². The molecule has 0 aliphatic carbocycles. The van der Waals surface area contributed by atoms with Crippen molar-refractivity contribution in [2.75, 3.05) is 13.1 Å². The summed E-state index contributed by atoms with van der Waals surface area (Å²) in [5, 5.41) is 0.779. The lowest BCUT2D eigenvalue weighted by Crippen LogP contribution is -2.28. The van der Waals surface area contributed by atoms with E-state index in [2.05, 4.69) is 4.40 Å². The van der Waals surface area contributed by atoms with Gasteiger partial charge in [0.25, 0.3) is 0 Å². The highest BCUT2D eigenvalue weighted by Gasteiger charge is 2.15. The molecule has 0 aliphatic rings. The third-order valence-electron chi connectivity index (χ3n) is 2.31. The highest BCUT2D eigenvalue weighted by Crippen LogP contribution is 2.21. The van der Waals surface area contributed by atoms with Crippen LogP contribution in [0.5, 0.6) is 0 Å². The molecule has 0 amide bonds. The van der Waals surface area contributed by atoms with E-state index in [1.165, 1.54) is 10.5 Å². The van der Waals surface area contributed by atoms with Gasteiger partial charge in [-0.3, -0.25) is 0 Å². The topological polar surface area (TPSA) is 49.7 Å². The number of nitrogens with zero attached hydrogens (tertiary/aromatic N) is 2. The highest BCUT2D eigenvalue weighted by molar-refractivity contribution is 7.87. The lowest BCUT2D eigenvalue weighted by atomic mass is 10.2. The molecule has 0 aromatic heterocycles. The molecular weight excluding hydrogens is 295 g/mol. The van der Waals surface area contributed by atoms with E-state index in [1.54, 1.807) is 32.0 Å². The second kappa shape index (κ2) is 6.52. The quantitative estimate of drug-likeness (QED) is 0.785.